The summed E-state index contributed by atoms with van der Waals surface area (Å²) in [5.74, 6) is -0.623. The van der Waals surface area contributed by atoms with E-state index in [4.69, 9.17) is 11.6 Å². The van der Waals surface area contributed by atoms with Crippen LogP contribution in [0.2, 0.25) is 5.02 Å². The van der Waals surface area contributed by atoms with E-state index in [9.17, 15) is 14.0 Å². The molecule has 31 heavy (non-hydrogen) atoms. The fourth-order valence-electron chi connectivity index (χ4n) is 3.46. The Labute approximate surface area is 192 Å². The van der Waals surface area contributed by atoms with Crippen LogP contribution in [0.5, 0.6) is 0 Å². The highest BCUT2D eigenvalue weighted by Gasteiger charge is 2.22. The van der Waals surface area contributed by atoms with E-state index in [0.717, 1.165) is 15.7 Å². The first kappa shape index (κ1) is 21.5. The van der Waals surface area contributed by atoms with E-state index >= 15 is 0 Å². The molecule has 0 radical (unpaired) electrons. The molecule has 1 aromatic heterocycles. The van der Waals surface area contributed by atoms with Crippen LogP contribution in [0.3, 0.4) is 0 Å². The first-order chi connectivity index (χ1) is 14.9. The minimum atomic E-state index is -0.456. The third-order valence-electron chi connectivity index (χ3n) is 5.19. The predicted octanol–water partition coefficient (Wildman–Crippen LogP) is 3.81. The third kappa shape index (κ3) is 4.97. The largest absolute Gasteiger partial charge is 0.368 e. The summed E-state index contributed by atoms with van der Waals surface area (Å²) >= 11 is 9.27. The van der Waals surface area contributed by atoms with Crippen LogP contribution in [0.25, 0.3) is 11.3 Å². The van der Waals surface area contributed by atoms with Gasteiger partial charge in [-0.2, -0.15) is 5.10 Å². The van der Waals surface area contributed by atoms with Crippen molar-refractivity contribution in [2.45, 2.75) is 6.54 Å². The van der Waals surface area contributed by atoms with Crippen LogP contribution in [0, 0.1) is 5.82 Å². The Morgan fingerprint density at radius 2 is 1.74 bits per heavy atom. The SMILES string of the molecule is O=C(Cn1nc(-c2ccc(Br)cc2)ccc1=O)N1CCN(c2ccc(F)c(Cl)c2)CC1. The van der Waals surface area contributed by atoms with E-state index in [1.165, 1.54) is 16.8 Å². The van der Waals surface area contributed by atoms with Crippen molar-refractivity contribution in [3.05, 3.63) is 80.3 Å². The molecule has 1 saturated heterocycles. The highest BCUT2D eigenvalue weighted by atomic mass is 79.9. The van der Waals surface area contributed by atoms with Gasteiger partial charge in [0.15, 0.2) is 0 Å². The van der Waals surface area contributed by atoms with Crippen molar-refractivity contribution < 1.29 is 9.18 Å². The molecule has 0 spiro atoms. The van der Waals surface area contributed by atoms with Gasteiger partial charge in [-0.05, 0) is 36.4 Å². The maximum atomic E-state index is 13.4. The van der Waals surface area contributed by atoms with Crippen LogP contribution in [-0.4, -0.2) is 46.8 Å². The smallest absolute Gasteiger partial charge is 0.267 e. The number of anilines is 1. The number of hydrogen-bond acceptors (Lipinski definition) is 4. The van der Waals surface area contributed by atoms with Gasteiger partial charge in [-0.3, -0.25) is 9.59 Å². The molecule has 0 atom stereocenters. The fourth-order valence-corrected chi connectivity index (χ4v) is 3.90. The standard InChI is InChI=1S/C22H19BrClFN4O2/c23-16-3-1-15(2-4-16)20-7-8-21(30)29(26-20)14-22(31)28-11-9-27(10-12-28)17-5-6-19(25)18(24)13-17/h1-8,13H,9-12,14H2. The number of nitrogens with zero attached hydrogens (tertiary/aromatic N) is 4. The first-order valence-electron chi connectivity index (χ1n) is 9.72. The number of amides is 1. The first-order valence-corrected chi connectivity index (χ1v) is 10.9. The molecule has 3 aromatic rings. The normalized spacial score (nSPS) is 14.0. The van der Waals surface area contributed by atoms with Gasteiger partial charge in [-0.1, -0.05) is 39.7 Å². The molecule has 0 N–H and O–H groups in total. The van der Waals surface area contributed by atoms with Gasteiger partial charge in [0.1, 0.15) is 12.4 Å². The topological polar surface area (TPSA) is 58.4 Å². The molecular formula is C22H19BrClFN4O2. The molecular weight excluding hydrogens is 487 g/mol. The molecule has 4 rings (SSSR count). The van der Waals surface area contributed by atoms with E-state index in [1.807, 2.05) is 29.2 Å². The van der Waals surface area contributed by atoms with Crippen molar-refractivity contribution in [3.63, 3.8) is 0 Å². The monoisotopic (exact) mass is 504 g/mol. The van der Waals surface area contributed by atoms with Gasteiger partial charge >= 0.3 is 0 Å². The van der Waals surface area contributed by atoms with E-state index in [0.29, 0.717) is 31.9 Å². The summed E-state index contributed by atoms with van der Waals surface area (Å²) in [5.41, 5.74) is 1.97. The number of hydrogen-bond donors (Lipinski definition) is 0. The second-order valence-electron chi connectivity index (χ2n) is 7.19. The van der Waals surface area contributed by atoms with Crippen LogP contribution in [0.1, 0.15) is 0 Å². The van der Waals surface area contributed by atoms with Crippen LogP contribution in [0.15, 0.2) is 63.9 Å². The highest BCUT2D eigenvalue weighted by molar-refractivity contribution is 9.10. The second-order valence-corrected chi connectivity index (χ2v) is 8.51. The predicted molar refractivity (Wildman–Crippen MR) is 122 cm³/mol. The highest BCUT2D eigenvalue weighted by Crippen LogP contribution is 2.24. The summed E-state index contributed by atoms with van der Waals surface area (Å²) in [4.78, 5) is 28.8. The van der Waals surface area contributed by atoms with E-state index in [-0.39, 0.29) is 23.0 Å². The summed E-state index contributed by atoms with van der Waals surface area (Å²) in [6.07, 6.45) is 0. The zero-order valence-electron chi connectivity index (χ0n) is 16.5. The lowest BCUT2D eigenvalue weighted by Crippen LogP contribution is -2.50. The Balaban J connectivity index is 1.42. The molecule has 2 aromatic carbocycles. The molecule has 1 aliphatic rings. The van der Waals surface area contributed by atoms with Gasteiger partial charge < -0.3 is 9.80 Å². The summed E-state index contributed by atoms with van der Waals surface area (Å²) in [6.45, 7) is 2.06. The Kier molecular flexibility index (Phi) is 6.38. The fraction of sp³-hybridized carbons (Fsp3) is 0.227. The van der Waals surface area contributed by atoms with Crippen molar-refractivity contribution >= 4 is 39.1 Å². The van der Waals surface area contributed by atoms with Crippen molar-refractivity contribution in [1.29, 1.82) is 0 Å². The quantitative estimate of drug-likeness (QED) is 0.541. The molecule has 1 fully saturated rings. The van der Waals surface area contributed by atoms with Gasteiger partial charge in [0.05, 0.1) is 10.7 Å². The Morgan fingerprint density at radius 1 is 1.03 bits per heavy atom. The number of carbonyl (C=O) groups is 1. The summed E-state index contributed by atoms with van der Waals surface area (Å²) in [7, 11) is 0. The summed E-state index contributed by atoms with van der Waals surface area (Å²) in [6, 6.07) is 15.3. The van der Waals surface area contributed by atoms with Crippen molar-refractivity contribution in [2.75, 3.05) is 31.1 Å². The minimum Gasteiger partial charge on any atom is -0.368 e. The molecule has 1 aliphatic heterocycles. The molecule has 1 amide bonds. The zero-order chi connectivity index (χ0) is 22.0. The lowest BCUT2D eigenvalue weighted by Gasteiger charge is -2.36. The van der Waals surface area contributed by atoms with Crippen LogP contribution in [0.4, 0.5) is 10.1 Å². The molecule has 6 nitrogen and oxygen atoms in total. The van der Waals surface area contributed by atoms with E-state index < -0.39 is 5.82 Å². The molecule has 0 aliphatic carbocycles. The van der Waals surface area contributed by atoms with Crippen LogP contribution < -0.4 is 10.5 Å². The van der Waals surface area contributed by atoms with Crippen LogP contribution in [-0.2, 0) is 11.3 Å². The lowest BCUT2D eigenvalue weighted by atomic mass is 10.1. The average Bonchev–Trinajstić information content (AvgIpc) is 2.78. The van der Waals surface area contributed by atoms with E-state index in [1.54, 1.807) is 23.1 Å². The Morgan fingerprint density at radius 3 is 2.42 bits per heavy atom. The van der Waals surface area contributed by atoms with Gasteiger partial charge in [-0.25, -0.2) is 9.07 Å². The van der Waals surface area contributed by atoms with Gasteiger partial charge in [0.2, 0.25) is 5.91 Å². The molecule has 0 unspecified atom stereocenters. The lowest BCUT2D eigenvalue weighted by molar-refractivity contribution is -0.132. The Bertz CT molecular complexity index is 1160. The van der Waals surface area contributed by atoms with E-state index in [2.05, 4.69) is 21.0 Å². The summed E-state index contributed by atoms with van der Waals surface area (Å²) in [5, 5.41) is 4.44. The summed E-state index contributed by atoms with van der Waals surface area (Å²) < 4.78 is 15.5. The molecule has 0 saturated carbocycles. The Hall–Kier alpha value is -2.71. The second kappa shape index (κ2) is 9.20. The van der Waals surface area contributed by atoms with Gasteiger partial charge in [0.25, 0.3) is 5.56 Å². The minimum absolute atomic E-state index is 0.0760. The van der Waals surface area contributed by atoms with Crippen molar-refractivity contribution in [2.24, 2.45) is 0 Å². The average molecular weight is 506 g/mol. The number of piperazine rings is 1. The maximum absolute atomic E-state index is 13.4. The maximum Gasteiger partial charge on any atom is 0.267 e. The molecule has 2 heterocycles. The molecule has 0 bridgehead atoms. The third-order valence-corrected chi connectivity index (χ3v) is 6.01. The zero-order valence-corrected chi connectivity index (χ0v) is 18.8. The number of carbonyl (C=O) groups excluding carboxylic acids is 1. The number of rotatable bonds is 4. The van der Waals surface area contributed by atoms with Crippen molar-refractivity contribution in [1.82, 2.24) is 14.7 Å². The van der Waals surface area contributed by atoms with Crippen LogP contribution >= 0.6 is 27.5 Å². The number of aromatic nitrogens is 2. The number of halogens is 3. The van der Waals surface area contributed by atoms with Gasteiger partial charge in [0, 0.05) is 48.0 Å². The molecule has 160 valence electrons. The van der Waals surface area contributed by atoms with Gasteiger partial charge in [-0.15, -0.1) is 0 Å². The number of benzene rings is 2. The van der Waals surface area contributed by atoms with Crippen molar-refractivity contribution in [3.8, 4) is 11.3 Å². The molecule has 9 heteroatoms.